The van der Waals surface area contributed by atoms with Crippen molar-refractivity contribution in [2.45, 2.75) is 31.8 Å². The van der Waals surface area contributed by atoms with Crippen molar-refractivity contribution in [3.05, 3.63) is 84.1 Å². The summed E-state index contributed by atoms with van der Waals surface area (Å²) in [6, 6.07) is 11.3. The summed E-state index contributed by atoms with van der Waals surface area (Å²) in [4.78, 5) is 31.1. The number of carbonyl (C=O) groups excluding carboxylic acids is 1. The second-order valence-electron chi connectivity index (χ2n) is 10.1. The van der Waals surface area contributed by atoms with Crippen LogP contribution in [0.15, 0.2) is 67.8 Å². The number of aromatic amines is 1. The number of rotatable bonds is 7. The van der Waals surface area contributed by atoms with Gasteiger partial charge in [0.1, 0.15) is 30.1 Å². The van der Waals surface area contributed by atoms with Crippen LogP contribution in [0.1, 0.15) is 36.4 Å². The minimum absolute atomic E-state index is 0.0245. The van der Waals surface area contributed by atoms with Crippen molar-refractivity contribution in [3.63, 3.8) is 0 Å². The molecule has 3 aromatic heterocycles. The van der Waals surface area contributed by atoms with Gasteiger partial charge in [-0.25, -0.2) is 9.97 Å². The maximum Gasteiger partial charge on any atom is 0.245 e. The number of pyridine rings is 1. The monoisotopic (exact) mass is 528 g/mol. The zero-order valence-corrected chi connectivity index (χ0v) is 21.7. The van der Waals surface area contributed by atoms with E-state index in [9.17, 15) is 4.79 Å². The first-order valence-corrected chi connectivity index (χ1v) is 13.3. The van der Waals surface area contributed by atoms with Gasteiger partial charge in [0.2, 0.25) is 5.91 Å². The van der Waals surface area contributed by atoms with Crippen LogP contribution in [-0.4, -0.2) is 43.8 Å². The van der Waals surface area contributed by atoms with Crippen molar-refractivity contribution in [2.24, 2.45) is 11.8 Å². The summed E-state index contributed by atoms with van der Waals surface area (Å²) < 4.78 is 5.87. The molecule has 1 aromatic carbocycles. The first-order valence-electron chi connectivity index (χ1n) is 12.9. The first-order chi connectivity index (χ1) is 18.6. The van der Waals surface area contributed by atoms with Gasteiger partial charge in [0.05, 0.1) is 16.1 Å². The number of hydrogen-bond donors (Lipinski definition) is 2. The number of carbonyl (C=O) groups is 1. The maximum atomic E-state index is 12.4. The van der Waals surface area contributed by atoms with Gasteiger partial charge < -0.3 is 19.9 Å². The number of anilines is 2. The number of ether oxygens (including phenoxy) is 1. The summed E-state index contributed by atoms with van der Waals surface area (Å²) in [5, 5.41) is 4.93. The molecule has 0 radical (unpaired) electrons. The molecule has 0 spiro atoms. The Morgan fingerprint density at radius 3 is 2.95 bits per heavy atom. The Hall–Kier alpha value is -3.91. The fraction of sp³-hybridized carbons (Fsp3) is 0.310. The Morgan fingerprint density at radius 1 is 1.21 bits per heavy atom. The summed E-state index contributed by atoms with van der Waals surface area (Å²) in [6.07, 6.45) is 10.1. The highest BCUT2D eigenvalue weighted by molar-refractivity contribution is 6.32. The van der Waals surface area contributed by atoms with Crippen LogP contribution in [0.2, 0.25) is 5.02 Å². The van der Waals surface area contributed by atoms with Crippen molar-refractivity contribution in [2.75, 3.05) is 18.4 Å². The van der Waals surface area contributed by atoms with Crippen LogP contribution in [-0.2, 0) is 11.4 Å². The molecule has 2 N–H and O–H groups in total. The van der Waals surface area contributed by atoms with E-state index in [1.54, 1.807) is 12.5 Å². The molecule has 7 rings (SSSR count). The molecule has 9 heteroatoms. The molecule has 5 heterocycles. The molecule has 2 unspecified atom stereocenters. The Balaban J connectivity index is 1.25. The van der Waals surface area contributed by atoms with Crippen LogP contribution < -0.4 is 10.1 Å². The number of nitrogens with one attached hydrogen (secondary N) is 2. The Labute approximate surface area is 226 Å². The molecule has 1 aliphatic carbocycles. The zero-order chi connectivity index (χ0) is 26.1. The number of benzene rings is 1. The lowest BCUT2D eigenvalue weighted by atomic mass is 9.72. The van der Waals surface area contributed by atoms with Gasteiger partial charge in [-0.05, 0) is 79.0 Å². The van der Waals surface area contributed by atoms with Gasteiger partial charge in [-0.2, -0.15) is 0 Å². The molecule has 8 nitrogen and oxygen atoms in total. The van der Waals surface area contributed by atoms with Crippen LogP contribution in [0, 0.1) is 11.8 Å². The third-order valence-electron chi connectivity index (χ3n) is 7.72. The fourth-order valence-electron chi connectivity index (χ4n) is 5.91. The number of nitrogens with zero attached hydrogens (tertiary/aromatic N) is 4. The summed E-state index contributed by atoms with van der Waals surface area (Å²) >= 11 is 6.56. The van der Waals surface area contributed by atoms with Gasteiger partial charge in [-0.15, -0.1) is 0 Å². The molecule has 3 fully saturated rings. The lowest BCUT2D eigenvalue weighted by molar-refractivity contribution is -0.126. The molecular weight excluding hydrogens is 500 g/mol. The Bertz CT molecular complexity index is 1470. The zero-order valence-electron chi connectivity index (χ0n) is 20.9. The molecule has 1 saturated carbocycles. The molecule has 4 aromatic rings. The van der Waals surface area contributed by atoms with E-state index in [4.69, 9.17) is 16.3 Å². The van der Waals surface area contributed by atoms with Gasteiger partial charge in [0.25, 0.3) is 0 Å². The van der Waals surface area contributed by atoms with Crippen molar-refractivity contribution in [1.29, 1.82) is 0 Å². The highest BCUT2D eigenvalue weighted by Gasteiger charge is 2.39. The van der Waals surface area contributed by atoms with Gasteiger partial charge in [-0.1, -0.05) is 24.2 Å². The molecule has 2 saturated heterocycles. The van der Waals surface area contributed by atoms with E-state index in [2.05, 4.69) is 38.0 Å². The van der Waals surface area contributed by atoms with Crippen LogP contribution >= 0.6 is 11.6 Å². The lowest BCUT2D eigenvalue weighted by Gasteiger charge is -2.31. The van der Waals surface area contributed by atoms with Gasteiger partial charge >= 0.3 is 0 Å². The minimum atomic E-state index is 0.0245. The van der Waals surface area contributed by atoms with Crippen LogP contribution in [0.25, 0.3) is 11.0 Å². The molecule has 2 bridgehead atoms. The van der Waals surface area contributed by atoms with E-state index in [-0.39, 0.29) is 5.91 Å². The van der Waals surface area contributed by atoms with Crippen LogP contribution in [0.3, 0.4) is 0 Å². The van der Waals surface area contributed by atoms with Gasteiger partial charge in [-0.3, -0.25) is 9.78 Å². The minimum Gasteiger partial charge on any atom is -0.486 e. The Morgan fingerprint density at radius 2 is 2.13 bits per heavy atom. The second kappa shape index (κ2) is 10.5. The van der Waals surface area contributed by atoms with Gasteiger partial charge in [0.15, 0.2) is 0 Å². The SMILES string of the molecule is C=CC(=O)N1CC2CCC(C1)[C@H](c1c[nH]c3ncnc(Nc4ccc(OCc5ccccn5)c(Cl)c4)c13)C2. The molecule has 2 aliphatic heterocycles. The van der Waals surface area contributed by atoms with E-state index in [0.717, 1.165) is 60.6 Å². The number of fused-ring (bicyclic) bond motifs is 5. The third kappa shape index (κ3) is 4.84. The fourth-order valence-corrected chi connectivity index (χ4v) is 6.14. The maximum absolute atomic E-state index is 12.4. The van der Waals surface area contributed by atoms with Crippen LogP contribution in [0.4, 0.5) is 11.5 Å². The number of aromatic nitrogens is 4. The predicted octanol–water partition coefficient (Wildman–Crippen LogP) is 5.86. The highest BCUT2D eigenvalue weighted by Crippen LogP contribution is 2.46. The summed E-state index contributed by atoms with van der Waals surface area (Å²) in [5.74, 6) is 2.52. The molecule has 194 valence electrons. The largest absolute Gasteiger partial charge is 0.486 e. The van der Waals surface area contributed by atoms with E-state index in [1.807, 2.05) is 41.3 Å². The van der Waals surface area contributed by atoms with Crippen molar-refractivity contribution in [1.82, 2.24) is 24.8 Å². The van der Waals surface area contributed by atoms with Crippen molar-refractivity contribution < 1.29 is 9.53 Å². The lowest BCUT2D eigenvalue weighted by Crippen LogP contribution is -2.33. The standard InChI is InChI=1S/C29H29ClN6O2/c1-2-26(37)36-14-18-6-7-19(15-36)22(11-18)23-13-32-28-27(23)29(34-17-33-28)35-20-8-9-25(24(30)12-20)38-16-21-5-3-4-10-31-21/h2-5,8-10,12-13,17-19,22H,1,6-7,11,14-16H2,(H2,32,33,34,35)/t18?,19?,22-/m1/s1. The van der Waals surface area contributed by atoms with E-state index < -0.39 is 0 Å². The highest BCUT2D eigenvalue weighted by atomic mass is 35.5. The quantitative estimate of drug-likeness (QED) is 0.292. The summed E-state index contributed by atoms with van der Waals surface area (Å²) in [5.41, 5.74) is 3.63. The van der Waals surface area contributed by atoms with Crippen LogP contribution in [0.5, 0.6) is 5.75 Å². The summed E-state index contributed by atoms with van der Waals surface area (Å²) in [7, 11) is 0. The number of amides is 1. The average Bonchev–Trinajstić information content (AvgIpc) is 3.16. The second-order valence-corrected chi connectivity index (χ2v) is 10.5. The molecule has 1 amide bonds. The van der Waals surface area contributed by atoms with Crippen molar-refractivity contribution in [3.8, 4) is 5.75 Å². The number of H-pyrrole nitrogens is 1. The first kappa shape index (κ1) is 24.4. The summed E-state index contributed by atoms with van der Waals surface area (Å²) in [6.45, 7) is 5.59. The van der Waals surface area contributed by atoms with Crippen molar-refractivity contribution >= 4 is 40.0 Å². The Kier molecular flexibility index (Phi) is 6.72. The topological polar surface area (TPSA) is 96.0 Å². The third-order valence-corrected chi connectivity index (χ3v) is 8.01. The smallest absolute Gasteiger partial charge is 0.245 e. The molecular formula is C29H29ClN6O2. The predicted molar refractivity (Wildman–Crippen MR) is 148 cm³/mol. The number of halogens is 1. The normalized spacial score (nSPS) is 20.8. The average molecular weight is 529 g/mol. The molecule has 3 aliphatic rings. The van der Waals surface area contributed by atoms with E-state index in [0.29, 0.717) is 35.1 Å². The van der Waals surface area contributed by atoms with Gasteiger partial charge in [0, 0.05) is 31.2 Å². The van der Waals surface area contributed by atoms with E-state index >= 15 is 0 Å². The van der Waals surface area contributed by atoms with E-state index in [1.165, 1.54) is 11.6 Å². The number of hydrogen-bond acceptors (Lipinski definition) is 6. The molecule has 38 heavy (non-hydrogen) atoms. The molecule has 3 atom stereocenters.